The van der Waals surface area contributed by atoms with E-state index in [0.29, 0.717) is 21.7 Å². The Morgan fingerprint density at radius 3 is 2.46 bits per heavy atom. The lowest BCUT2D eigenvalue weighted by Gasteiger charge is -2.17. The van der Waals surface area contributed by atoms with Crippen LogP contribution in [0.1, 0.15) is 12.8 Å². The summed E-state index contributed by atoms with van der Waals surface area (Å²) in [6.07, 6.45) is 6.01. The van der Waals surface area contributed by atoms with Crippen LogP contribution in [0.5, 0.6) is 5.75 Å². The van der Waals surface area contributed by atoms with E-state index in [4.69, 9.17) is 16.3 Å². The van der Waals surface area contributed by atoms with Crippen molar-refractivity contribution in [1.29, 1.82) is 0 Å². The number of hydrogen-bond acceptors (Lipinski definition) is 7. The lowest BCUT2D eigenvalue weighted by molar-refractivity contribution is 0.415. The van der Waals surface area contributed by atoms with Crippen molar-refractivity contribution in [3.8, 4) is 16.5 Å². The van der Waals surface area contributed by atoms with Gasteiger partial charge in [-0.1, -0.05) is 11.6 Å². The zero-order valence-electron chi connectivity index (χ0n) is 15.1. The first-order valence-corrected chi connectivity index (χ1v) is 9.57. The van der Waals surface area contributed by atoms with Crippen LogP contribution in [0.25, 0.3) is 10.7 Å². The Balaban J connectivity index is 0.00000140. The predicted octanol–water partition coefficient (Wildman–Crippen LogP) is 5.45. The Kier molecular flexibility index (Phi) is 8.12. The maximum atomic E-state index is 5.98. The molecule has 0 aliphatic carbocycles. The number of nitrogens with one attached hydrogen (secondary N) is 1. The smallest absolute Gasteiger partial charge is 0.175 e. The van der Waals surface area contributed by atoms with Crippen LogP contribution in [0, 0.1) is 0 Å². The molecule has 1 fully saturated rings. The van der Waals surface area contributed by atoms with Crippen molar-refractivity contribution >= 4 is 65.1 Å². The zero-order valence-corrected chi connectivity index (χ0v) is 18.3. The van der Waals surface area contributed by atoms with Crippen LogP contribution in [-0.4, -0.2) is 35.2 Å². The molecule has 3 aromatic heterocycles. The Hall–Kier alpha value is -1.80. The number of nitrogens with zero attached hydrogens (tertiary/aromatic N) is 4. The number of thiazole rings is 1. The van der Waals surface area contributed by atoms with Crippen LogP contribution >= 0.6 is 47.8 Å². The summed E-state index contributed by atoms with van der Waals surface area (Å²) < 4.78 is 6.05. The van der Waals surface area contributed by atoms with Gasteiger partial charge in [-0.25, -0.2) is 15.0 Å². The summed E-state index contributed by atoms with van der Waals surface area (Å²) in [5.74, 6) is 1.95. The molecule has 1 N–H and O–H groups in total. The van der Waals surface area contributed by atoms with E-state index in [9.17, 15) is 0 Å². The molecule has 0 unspecified atom stereocenters. The molecule has 0 atom stereocenters. The molecule has 6 nitrogen and oxygen atoms in total. The molecule has 1 aliphatic heterocycles. The minimum atomic E-state index is 0. The van der Waals surface area contributed by atoms with Crippen molar-refractivity contribution in [3.05, 3.63) is 41.0 Å². The average molecular weight is 461 g/mol. The number of halogens is 3. The molecule has 0 radical (unpaired) electrons. The van der Waals surface area contributed by atoms with Crippen LogP contribution in [0.3, 0.4) is 0 Å². The van der Waals surface area contributed by atoms with Gasteiger partial charge >= 0.3 is 0 Å². The first kappa shape index (κ1) is 22.5. The number of anilines is 3. The summed E-state index contributed by atoms with van der Waals surface area (Å²) in [6, 6.07) is 7.76. The third kappa shape index (κ3) is 4.97. The van der Waals surface area contributed by atoms with Crippen molar-refractivity contribution in [2.24, 2.45) is 0 Å². The number of hydrogen-bond donors (Lipinski definition) is 1. The first-order chi connectivity index (χ1) is 12.7. The Morgan fingerprint density at radius 2 is 1.86 bits per heavy atom. The second kappa shape index (κ2) is 10.1. The minimum Gasteiger partial charge on any atom is -0.493 e. The molecule has 0 bridgehead atoms. The van der Waals surface area contributed by atoms with Gasteiger partial charge in [0.05, 0.1) is 25.2 Å². The van der Waals surface area contributed by atoms with E-state index in [0.717, 1.165) is 29.5 Å². The van der Waals surface area contributed by atoms with E-state index in [1.54, 1.807) is 13.3 Å². The maximum absolute atomic E-state index is 5.98. The molecular weight excluding hydrogens is 441 g/mol. The highest BCUT2D eigenvalue weighted by molar-refractivity contribution is 7.18. The van der Waals surface area contributed by atoms with Gasteiger partial charge in [0.15, 0.2) is 11.6 Å². The summed E-state index contributed by atoms with van der Waals surface area (Å²) in [5, 5.41) is 4.00. The van der Waals surface area contributed by atoms with E-state index >= 15 is 0 Å². The summed E-state index contributed by atoms with van der Waals surface area (Å²) in [4.78, 5) is 15.8. The lowest BCUT2D eigenvalue weighted by Crippen LogP contribution is -2.17. The molecule has 0 aromatic carbocycles. The SMILES string of the molecule is COc1ccc(-c2ncc(Cl)s2)nc1Nc1ccc(N2CCCC2)cn1.Cl.Cl. The van der Waals surface area contributed by atoms with Gasteiger partial charge in [0.25, 0.3) is 0 Å². The number of ether oxygens (including phenoxy) is 1. The zero-order chi connectivity index (χ0) is 17.9. The third-order valence-corrected chi connectivity index (χ3v) is 5.38. The van der Waals surface area contributed by atoms with E-state index in [2.05, 4.69) is 31.2 Å². The van der Waals surface area contributed by atoms with Gasteiger partial charge in [-0.2, -0.15) is 0 Å². The second-order valence-electron chi connectivity index (χ2n) is 5.94. The Morgan fingerprint density at radius 1 is 1.07 bits per heavy atom. The van der Waals surface area contributed by atoms with Crippen LogP contribution in [0.15, 0.2) is 36.7 Å². The fraction of sp³-hybridized carbons (Fsp3) is 0.278. The average Bonchev–Trinajstić information content (AvgIpc) is 3.34. The number of pyridine rings is 2. The fourth-order valence-corrected chi connectivity index (χ4v) is 3.82. The molecule has 3 aromatic rings. The Bertz CT molecular complexity index is 900. The first-order valence-electron chi connectivity index (χ1n) is 8.38. The van der Waals surface area contributed by atoms with Crippen molar-refractivity contribution in [3.63, 3.8) is 0 Å². The summed E-state index contributed by atoms with van der Waals surface area (Å²) >= 11 is 7.37. The monoisotopic (exact) mass is 459 g/mol. The highest BCUT2D eigenvalue weighted by Gasteiger charge is 2.14. The normalized spacial score (nSPS) is 12.9. The Labute approximate surface area is 185 Å². The molecule has 0 amide bonds. The van der Waals surface area contributed by atoms with E-state index in [-0.39, 0.29) is 24.8 Å². The second-order valence-corrected chi connectivity index (χ2v) is 7.60. The number of rotatable bonds is 5. The van der Waals surface area contributed by atoms with Gasteiger partial charge in [0.2, 0.25) is 0 Å². The third-order valence-electron chi connectivity index (χ3n) is 4.24. The minimum absolute atomic E-state index is 0. The van der Waals surface area contributed by atoms with Crippen LogP contribution in [0.2, 0.25) is 4.34 Å². The van der Waals surface area contributed by atoms with Crippen molar-refractivity contribution in [1.82, 2.24) is 15.0 Å². The van der Waals surface area contributed by atoms with Crippen molar-refractivity contribution in [2.75, 3.05) is 30.4 Å². The highest BCUT2D eigenvalue weighted by atomic mass is 35.5. The molecule has 150 valence electrons. The highest BCUT2D eigenvalue weighted by Crippen LogP contribution is 2.32. The summed E-state index contributed by atoms with van der Waals surface area (Å²) in [5.41, 5.74) is 1.89. The molecule has 4 rings (SSSR count). The maximum Gasteiger partial charge on any atom is 0.175 e. The number of methoxy groups -OCH3 is 1. The standard InChI is InChI=1S/C18H18ClN5OS.2ClH/c1-25-14-6-5-13(18-21-11-15(19)26-18)22-17(14)23-16-7-4-12(10-20-16)24-8-2-3-9-24;;/h4-7,10-11H,2-3,8-9H2,1H3,(H,20,22,23);2*1H. The van der Waals surface area contributed by atoms with E-state index in [1.165, 1.54) is 24.2 Å². The molecule has 10 heteroatoms. The van der Waals surface area contributed by atoms with Gasteiger partial charge in [0, 0.05) is 13.1 Å². The van der Waals surface area contributed by atoms with E-state index < -0.39 is 0 Å². The van der Waals surface area contributed by atoms with Crippen molar-refractivity contribution < 1.29 is 4.74 Å². The van der Waals surface area contributed by atoms with Crippen LogP contribution < -0.4 is 15.0 Å². The summed E-state index contributed by atoms with van der Waals surface area (Å²) in [6.45, 7) is 2.20. The summed E-state index contributed by atoms with van der Waals surface area (Å²) in [7, 11) is 1.62. The molecule has 28 heavy (non-hydrogen) atoms. The topological polar surface area (TPSA) is 63.2 Å². The van der Waals surface area contributed by atoms with Gasteiger partial charge in [-0.3, -0.25) is 0 Å². The van der Waals surface area contributed by atoms with E-state index in [1.807, 2.05) is 24.4 Å². The van der Waals surface area contributed by atoms with Gasteiger partial charge < -0.3 is 15.0 Å². The molecular formula is C18H20Cl3N5OS. The van der Waals surface area contributed by atoms with Crippen LogP contribution in [-0.2, 0) is 0 Å². The quantitative estimate of drug-likeness (QED) is 0.546. The van der Waals surface area contributed by atoms with Gasteiger partial charge in [0.1, 0.15) is 20.9 Å². The number of aromatic nitrogens is 3. The van der Waals surface area contributed by atoms with Crippen molar-refractivity contribution in [2.45, 2.75) is 12.8 Å². The van der Waals surface area contributed by atoms with Gasteiger partial charge in [-0.15, -0.1) is 36.2 Å². The largest absolute Gasteiger partial charge is 0.493 e. The molecule has 0 saturated carbocycles. The molecule has 1 aliphatic rings. The fourth-order valence-electron chi connectivity index (χ4n) is 2.94. The lowest BCUT2D eigenvalue weighted by atomic mass is 10.3. The molecule has 1 saturated heterocycles. The van der Waals surface area contributed by atoms with Crippen LogP contribution in [0.4, 0.5) is 17.3 Å². The predicted molar refractivity (Wildman–Crippen MR) is 120 cm³/mol. The van der Waals surface area contributed by atoms with Gasteiger partial charge in [-0.05, 0) is 37.1 Å². The molecule has 4 heterocycles. The molecule has 0 spiro atoms.